The number of likely N-dealkylation sites (tertiary alicyclic amines) is 1. The van der Waals surface area contributed by atoms with E-state index in [0.29, 0.717) is 17.1 Å². The summed E-state index contributed by atoms with van der Waals surface area (Å²) >= 11 is 3.26. The Balaban J connectivity index is 2.13. The molecule has 1 aliphatic heterocycles. The van der Waals surface area contributed by atoms with Crippen molar-refractivity contribution in [3.63, 3.8) is 0 Å². The van der Waals surface area contributed by atoms with E-state index in [4.69, 9.17) is 0 Å². The molecule has 1 aliphatic rings. The van der Waals surface area contributed by atoms with Gasteiger partial charge in [-0.1, -0.05) is 6.92 Å². The number of sulfonamides is 1. The summed E-state index contributed by atoms with van der Waals surface area (Å²) in [5, 5.41) is 0. The number of hydrogen-bond acceptors (Lipinski definition) is 4. The molecule has 2 rings (SSSR count). The summed E-state index contributed by atoms with van der Waals surface area (Å²) in [6.45, 7) is 4.68. The van der Waals surface area contributed by atoms with E-state index in [-0.39, 0.29) is 4.90 Å². The molecule has 0 N–H and O–H groups in total. The average Bonchev–Trinajstić information content (AvgIpc) is 2.86. The number of nitrogens with zero attached hydrogens (tertiary/aromatic N) is 3. The van der Waals surface area contributed by atoms with E-state index in [1.165, 1.54) is 10.5 Å². The van der Waals surface area contributed by atoms with Crippen LogP contribution >= 0.6 is 15.9 Å². The Morgan fingerprint density at radius 3 is 2.90 bits per heavy atom. The molecule has 5 nitrogen and oxygen atoms in total. The van der Waals surface area contributed by atoms with Crippen LogP contribution in [0.15, 0.2) is 27.8 Å². The first-order valence-corrected chi connectivity index (χ1v) is 8.99. The van der Waals surface area contributed by atoms with Gasteiger partial charge < -0.3 is 0 Å². The summed E-state index contributed by atoms with van der Waals surface area (Å²) in [5.74, 6) is 0. The van der Waals surface area contributed by atoms with Gasteiger partial charge >= 0.3 is 0 Å². The second kappa shape index (κ2) is 6.51. The normalized spacial score (nSPS) is 20.7. The lowest BCUT2D eigenvalue weighted by Crippen LogP contribution is -2.41. The van der Waals surface area contributed by atoms with Gasteiger partial charge in [0.1, 0.15) is 4.90 Å². The lowest BCUT2D eigenvalue weighted by molar-refractivity contribution is 0.237. The van der Waals surface area contributed by atoms with E-state index in [1.54, 1.807) is 19.3 Å². The Kier molecular flexibility index (Phi) is 5.17. The Labute approximate surface area is 129 Å². The van der Waals surface area contributed by atoms with Crippen molar-refractivity contribution < 1.29 is 8.42 Å². The van der Waals surface area contributed by atoms with Gasteiger partial charge in [-0.05, 0) is 47.9 Å². The Morgan fingerprint density at radius 1 is 1.50 bits per heavy atom. The molecule has 1 fully saturated rings. The van der Waals surface area contributed by atoms with Gasteiger partial charge in [0, 0.05) is 36.5 Å². The van der Waals surface area contributed by atoms with Crippen molar-refractivity contribution in [3.8, 4) is 0 Å². The van der Waals surface area contributed by atoms with Gasteiger partial charge in [-0.25, -0.2) is 8.42 Å². The van der Waals surface area contributed by atoms with Crippen molar-refractivity contribution in [2.24, 2.45) is 0 Å². The molecule has 112 valence electrons. The smallest absolute Gasteiger partial charge is 0.244 e. The summed E-state index contributed by atoms with van der Waals surface area (Å²) in [6, 6.07) is 1.91. The topological polar surface area (TPSA) is 53.5 Å². The zero-order valence-electron chi connectivity index (χ0n) is 11.8. The zero-order chi connectivity index (χ0) is 14.8. The molecule has 7 heteroatoms. The molecule has 1 saturated heterocycles. The monoisotopic (exact) mass is 361 g/mol. The molecule has 2 heterocycles. The Morgan fingerprint density at radius 2 is 2.25 bits per heavy atom. The van der Waals surface area contributed by atoms with Crippen molar-refractivity contribution in [1.82, 2.24) is 14.2 Å². The van der Waals surface area contributed by atoms with Crippen LogP contribution < -0.4 is 0 Å². The number of rotatable bonds is 5. The molecule has 1 aromatic rings. The first-order chi connectivity index (χ1) is 9.45. The van der Waals surface area contributed by atoms with E-state index in [0.717, 1.165) is 25.9 Å². The lowest BCUT2D eigenvalue weighted by atomic mass is 10.2. The van der Waals surface area contributed by atoms with Gasteiger partial charge in [-0.2, -0.15) is 4.31 Å². The quantitative estimate of drug-likeness (QED) is 0.804. The molecule has 0 spiro atoms. The maximum Gasteiger partial charge on any atom is 0.244 e. The van der Waals surface area contributed by atoms with Crippen LogP contribution in [0.3, 0.4) is 0 Å². The first kappa shape index (κ1) is 15.9. The van der Waals surface area contributed by atoms with Crippen LogP contribution in [0.2, 0.25) is 0 Å². The SMILES string of the molecule is CCN1CCCC1CN(C)S(=O)(=O)c1cncc(Br)c1. The number of aromatic nitrogens is 1. The van der Waals surface area contributed by atoms with Crippen molar-refractivity contribution in [2.75, 3.05) is 26.7 Å². The highest BCUT2D eigenvalue weighted by molar-refractivity contribution is 9.10. The largest absolute Gasteiger partial charge is 0.299 e. The highest BCUT2D eigenvalue weighted by Gasteiger charge is 2.29. The summed E-state index contributed by atoms with van der Waals surface area (Å²) in [5.41, 5.74) is 0. The minimum atomic E-state index is -3.47. The number of hydrogen-bond donors (Lipinski definition) is 0. The lowest BCUT2D eigenvalue weighted by Gasteiger charge is -2.27. The summed E-state index contributed by atoms with van der Waals surface area (Å²) in [4.78, 5) is 6.50. The van der Waals surface area contributed by atoms with Crippen LogP contribution in [-0.2, 0) is 10.0 Å². The fourth-order valence-electron chi connectivity index (χ4n) is 2.63. The van der Waals surface area contributed by atoms with Gasteiger partial charge in [-0.3, -0.25) is 9.88 Å². The van der Waals surface area contributed by atoms with Crippen molar-refractivity contribution >= 4 is 26.0 Å². The standard InChI is InChI=1S/C13H20BrN3O2S/c1-3-17-6-4-5-12(17)10-16(2)20(18,19)13-7-11(14)8-15-9-13/h7-9,12H,3-6,10H2,1-2H3. The number of likely N-dealkylation sites (N-methyl/N-ethyl adjacent to an activating group) is 2. The van der Waals surface area contributed by atoms with E-state index in [2.05, 4.69) is 32.7 Å². The third kappa shape index (κ3) is 3.39. The van der Waals surface area contributed by atoms with Crippen LogP contribution in [-0.4, -0.2) is 55.3 Å². The molecule has 1 atom stereocenters. The molecule has 20 heavy (non-hydrogen) atoms. The van der Waals surface area contributed by atoms with E-state index in [9.17, 15) is 8.42 Å². The van der Waals surface area contributed by atoms with Crippen molar-refractivity contribution in [2.45, 2.75) is 30.7 Å². The maximum absolute atomic E-state index is 12.5. The molecule has 0 aromatic carbocycles. The minimum Gasteiger partial charge on any atom is -0.299 e. The predicted molar refractivity (Wildman–Crippen MR) is 82.0 cm³/mol. The third-order valence-corrected chi connectivity index (χ3v) is 5.98. The molecule has 0 radical (unpaired) electrons. The second-order valence-corrected chi connectivity index (χ2v) is 8.01. The fraction of sp³-hybridized carbons (Fsp3) is 0.615. The molecule has 1 aromatic heterocycles. The number of halogens is 1. The number of pyridine rings is 1. The first-order valence-electron chi connectivity index (χ1n) is 6.76. The van der Waals surface area contributed by atoms with Crippen LogP contribution in [0.4, 0.5) is 0 Å². The van der Waals surface area contributed by atoms with Crippen LogP contribution in [0.5, 0.6) is 0 Å². The molecular formula is C13H20BrN3O2S. The fourth-order valence-corrected chi connectivity index (χ4v) is 4.34. The highest BCUT2D eigenvalue weighted by atomic mass is 79.9. The van der Waals surface area contributed by atoms with Crippen LogP contribution in [0.25, 0.3) is 0 Å². The zero-order valence-corrected chi connectivity index (χ0v) is 14.2. The van der Waals surface area contributed by atoms with Gasteiger partial charge in [0.05, 0.1) is 0 Å². The molecule has 0 bridgehead atoms. The van der Waals surface area contributed by atoms with E-state index < -0.39 is 10.0 Å². The van der Waals surface area contributed by atoms with Crippen molar-refractivity contribution in [3.05, 3.63) is 22.9 Å². The predicted octanol–water partition coefficient (Wildman–Crippen LogP) is 1.95. The van der Waals surface area contributed by atoms with Gasteiger partial charge in [0.15, 0.2) is 0 Å². The Hall–Kier alpha value is -0.500. The van der Waals surface area contributed by atoms with Gasteiger partial charge in [0.2, 0.25) is 10.0 Å². The minimum absolute atomic E-state index is 0.232. The molecule has 0 amide bonds. The van der Waals surface area contributed by atoms with Crippen molar-refractivity contribution in [1.29, 1.82) is 0 Å². The molecule has 0 saturated carbocycles. The van der Waals surface area contributed by atoms with E-state index in [1.807, 2.05) is 0 Å². The van der Waals surface area contributed by atoms with E-state index >= 15 is 0 Å². The van der Waals surface area contributed by atoms with Gasteiger partial charge in [-0.15, -0.1) is 0 Å². The molecular weight excluding hydrogens is 342 g/mol. The van der Waals surface area contributed by atoms with Crippen LogP contribution in [0.1, 0.15) is 19.8 Å². The molecule has 0 aliphatic carbocycles. The highest BCUT2D eigenvalue weighted by Crippen LogP contribution is 2.22. The van der Waals surface area contributed by atoms with Crippen LogP contribution in [0, 0.1) is 0 Å². The average molecular weight is 362 g/mol. The Bertz CT molecular complexity index is 564. The summed E-state index contributed by atoms with van der Waals surface area (Å²) in [6.07, 6.45) is 5.17. The second-order valence-electron chi connectivity index (χ2n) is 5.05. The third-order valence-electron chi connectivity index (χ3n) is 3.76. The maximum atomic E-state index is 12.5. The summed E-state index contributed by atoms with van der Waals surface area (Å²) in [7, 11) is -1.83. The summed E-state index contributed by atoms with van der Waals surface area (Å²) < 4.78 is 27.1. The molecule has 1 unspecified atom stereocenters. The van der Waals surface area contributed by atoms with Gasteiger partial charge in [0.25, 0.3) is 0 Å².